The quantitative estimate of drug-likeness (QED) is 0.522. The van der Waals surface area contributed by atoms with Gasteiger partial charge in [-0.1, -0.05) is 19.1 Å². The Morgan fingerprint density at radius 2 is 1.93 bits per heavy atom. The number of carbonyl (C=O) groups is 2. The number of nitrogens with one attached hydrogen (secondary N) is 2. The first-order valence-corrected chi connectivity index (χ1v) is 15.0. The van der Waals surface area contributed by atoms with Crippen LogP contribution in [0.1, 0.15) is 54.1 Å². The number of aliphatic imine (C=N–C) groups is 1. The lowest BCUT2D eigenvalue weighted by Crippen LogP contribution is -2.45. The molecule has 0 aliphatic carbocycles. The molecule has 10 nitrogen and oxygen atoms in total. The molecule has 6 rings (SSSR count). The minimum absolute atomic E-state index is 0.0205. The fourth-order valence-electron chi connectivity index (χ4n) is 6.13. The van der Waals surface area contributed by atoms with Crippen molar-refractivity contribution in [3.63, 3.8) is 0 Å². The zero-order valence-corrected chi connectivity index (χ0v) is 24.4. The molecule has 1 aromatic heterocycles. The summed E-state index contributed by atoms with van der Waals surface area (Å²) in [5.41, 5.74) is 5.31. The molecule has 1 atom stereocenters. The molecule has 2 N–H and O–H groups in total. The van der Waals surface area contributed by atoms with Crippen molar-refractivity contribution in [1.82, 2.24) is 19.7 Å². The van der Waals surface area contributed by atoms with Crippen molar-refractivity contribution in [3.8, 4) is 0 Å². The Morgan fingerprint density at radius 1 is 1.07 bits per heavy atom. The van der Waals surface area contributed by atoms with Crippen molar-refractivity contribution in [3.05, 3.63) is 71.2 Å². The number of piperidine rings is 1. The Labute approximate surface area is 247 Å². The number of aromatic nitrogens is 1. The number of allylic oxidation sites excluding steroid dienone is 2. The van der Waals surface area contributed by atoms with Crippen molar-refractivity contribution in [2.75, 3.05) is 56.6 Å². The first kappa shape index (κ1) is 28.0. The van der Waals surface area contributed by atoms with E-state index in [-0.39, 0.29) is 11.9 Å². The predicted molar refractivity (Wildman–Crippen MR) is 164 cm³/mol. The molecule has 220 valence electrons. The molecule has 0 bridgehead atoms. The average molecular weight is 570 g/mol. The van der Waals surface area contributed by atoms with E-state index in [1.807, 2.05) is 29.2 Å². The topological polar surface area (TPSA) is 102 Å². The highest BCUT2D eigenvalue weighted by atomic mass is 16.5. The molecule has 2 fully saturated rings. The van der Waals surface area contributed by atoms with Gasteiger partial charge in [-0.3, -0.25) is 9.79 Å². The van der Waals surface area contributed by atoms with E-state index < -0.39 is 0 Å². The highest BCUT2D eigenvalue weighted by molar-refractivity contribution is 6.07. The second kappa shape index (κ2) is 12.4. The number of ether oxygens (including phenoxy) is 1. The lowest BCUT2D eigenvalue weighted by atomic mass is 9.97. The van der Waals surface area contributed by atoms with Crippen molar-refractivity contribution in [2.45, 2.75) is 45.6 Å². The van der Waals surface area contributed by atoms with Crippen LogP contribution in [0.25, 0.3) is 5.57 Å². The van der Waals surface area contributed by atoms with Crippen LogP contribution in [0.4, 0.5) is 16.3 Å². The fourth-order valence-corrected chi connectivity index (χ4v) is 6.13. The van der Waals surface area contributed by atoms with Gasteiger partial charge in [0, 0.05) is 55.9 Å². The third-order valence-electron chi connectivity index (χ3n) is 8.53. The summed E-state index contributed by atoms with van der Waals surface area (Å²) in [6, 6.07) is 9.97. The van der Waals surface area contributed by atoms with Gasteiger partial charge in [-0.25, -0.2) is 9.78 Å². The van der Waals surface area contributed by atoms with Gasteiger partial charge in [-0.15, -0.1) is 0 Å². The predicted octanol–water partition coefficient (Wildman–Crippen LogP) is 4.72. The first-order valence-electron chi connectivity index (χ1n) is 15.0. The molecule has 42 heavy (non-hydrogen) atoms. The van der Waals surface area contributed by atoms with Gasteiger partial charge in [0.15, 0.2) is 5.84 Å². The van der Waals surface area contributed by atoms with Crippen molar-refractivity contribution in [2.24, 2.45) is 4.99 Å². The number of hydrogen-bond acceptors (Lipinski definition) is 7. The Bertz CT molecular complexity index is 1430. The van der Waals surface area contributed by atoms with Crippen molar-refractivity contribution in [1.29, 1.82) is 0 Å². The Balaban J connectivity index is 1.21. The monoisotopic (exact) mass is 569 g/mol. The largest absolute Gasteiger partial charge is 0.378 e. The lowest BCUT2D eigenvalue weighted by Gasteiger charge is -2.35. The van der Waals surface area contributed by atoms with Crippen LogP contribution in [0.3, 0.4) is 0 Å². The number of likely N-dealkylation sites (tertiary alicyclic amines) is 1. The third kappa shape index (κ3) is 5.76. The number of benzene rings is 1. The van der Waals surface area contributed by atoms with E-state index in [0.717, 1.165) is 66.3 Å². The first-order chi connectivity index (χ1) is 20.5. The van der Waals surface area contributed by atoms with E-state index in [9.17, 15) is 9.59 Å². The molecule has 4 aliphatic rings. The van der Waals surface area contributed by atoms with Crippen molar-refractivity contribution < 1.29 is 14.3 Å². The normalized spacial score (nSPS) is 20.4. The Morgan fingerprint density at radius 3 is 2.71 bits per heavy atom. The number of morpholine rings is 1. The molecule has 3 amide bonds. The smallest absolute Gasteiger partial charge is 0.322 e. The standard InChI is InChI=1S/C32H39N7O3/c1-3-25-7-4-5-13-39(25)32(41)36-27-9-6-8-26(22(27)2)24-19-28(30-33-12-14-38(30)21-24)35-29-11-10-23(20-34-29)31(40)37-15-17-42-18-16-37/h6,8-11,19-21,25H,3-5,7,12-18H2,1-2H3,(H,34,35)(H,36,41). The number of urea groups is 1. The summed E-state index contributed by atoms with van der Waals surface area (Å²) in [5.74, 6) is 1.48. The molecular weight excluding hydrogens is 530 g/mol. The number of anilines is 2. The van der Waals surface area contributed by atoms with Crippen LogP contribution in [-0.2, 0) is 4.74 Å². The Kier molecular flexibility index (Phi) is 8.23. The van der Waals surface area contributed by atoms with Crippen LogP contribution in [0.5, 0.6) is 0 Å². The number of nitrogens with zero attached hydrogens (tertiary/aromatic N) is 5. The van der Waals surface area contributed by atoms with E-state index in [1.165, 1.54) is 6.42 Å². The highest BCUT2D eigenvalue weighted by Gasteiger charge is 2.28. The van der Waals surface area contributed by atoms with Gasteiger partial charge in [0.25, 0.3) is 5.91 Å². The SMILES string of the molecule is CCC1CCCCN1C(=O)Nc1cccc(C2=CN3CCN=C3C(Nc3ccc(C(=O)N4CCOCC4)cn3)=C2)c1C. The van der Waals surface area contributed by atoms with Gasteiger partial charge < -0.3 is 30.1 Å². The summed E-state index contributed by atoms with van der Waals surface area (Å²) in [4.78, 5) is 41.3. The van der Waals surface area contributed by atoms with Crippen LogP contribution in [-0.4, -0.2) is 89.4 Å². The second-order valence-electron chi connectivity index (χ2n) is 11.2. The fraction of sp³-hybridized carbons (Fsp3) is 0.438. The number of amides is 3. The van der Waals surface area contributed by atoms with Gasteiger partial charge in [0.05, 0.1) is 31.0 Å². The maximum atomic E-state index is 13.3. The van der Waals surface area contributed by atoms with Gasteiger partial charge >= 0.3 is 6.03 Å². The lowest BCUT2D eigenvalue weighted by molar-refractivity contribution is 0.0302. The summed E-state index contributed by atoms with van der Waals surface area (Å²) in [7, 11) is 0. The van der Waals surface area contributed by atoms with Gasteiger partial charge in [0.2, 0.25) is 0 Å². The Hall–Kier alpha value is -4.18. The number of amidine groups is 1. The van der Waals surface area contributed by atoms with Crippen LogP contribution in [0.2, 0.25) is 0 Å². The third-order valence-corrected chi connectivity index (χ3v) is 8.53. The van der Waals surface area contributed by atoms with Crippen LogP contribution in [0, 0.1) is 6.92 Å². The summed E-state index contributed by atoms with van der Waals surface area (Å²) in [5, 5.41) is 6.63. The minimum atomic E-state index is -0.0289. The summed E-state index contributed by atoms with van der Waals surface area (Å²) in [6.07, 6.45) is 10.1. The molecule has 10 heteroatoms. The van der Waals surface area contributed by atoms with E-state index >= 15 is 0 Å². The minimum Gasteiger partial charge on any atom is -0.378 e. The number of carbonyl (C=O) groups excluding carboxylic acids is 2. The van der Waals surface area contributed by atoms with E-state index in [1.54, 1.807) is 11.1 Å². The van der Waals surface area contributed by atoms with E-state index in [0.29, 0.717) is 50.3 Å². The second-order valence-corrected chi connectivity index (χ2v) is 11.2. The number of fused-ring (bicyclic) bond motifs is 1. The molecule has 0 spiro atoms. The number of hydrogen-bond donors (Lipinski definition) is 2. The van der Waals surface area contributed by atoms with Gasteiger partial charge in [-0.05, 0) is 68.0 Å². The van der Waals surface area contributed by atoms with Gasteiger partial charge in [0.1, 0.15) is 5.82 Å². The molecule has 1 aromatic carbocycles. The van der Waals surface area contributed by atoms with Crippen LogP contribution >= 0.6 is 0 Å². The molecule has 1 unspecified atom stereocenters. The van der Waals surface area contributed by atoms with Crippen LogP contribution in [0.15, 0.2) is 59.5 Å². The molecule has 2 aromatic rings. The van der Waals surface area contributed by atoms with Crippen molar-refractivity contribution >= 4 is 34.9 Å². The molecule has 0 radical (unpaired) electrons. The zero-order valence-electron chi connectivity index (χ0n) is 24.4. The van der Waals surface area contributed by atoms with E-state index in [2.05, 4.69) is 52.7 Å². The maximum absolute atomic E-state index is 13.3. The number of rotatable bonds is 6. The molecule has 2 saturated heterocycles. The number of pyridine rings is 1. The van der Waals surface area contributed by atoms with E-state index in [4.69, 9.17) is 9.73 Å². The summed E-state index contributed by atoms with van der Waals surface area (Å²) >= 11 is 0. The molecule has 0 saturated carbocycles. The summed E-state index contributed by atoms with van der Waals surface area (Å²) in [6.45, 7) is 8.83. The molecular formula is C32H39N7O3. The molecule has 4 aliphatic heterocycles. The average Bonchev–Trinajstić information content (AvgIpc) is 3.52. The maximum Gasteiger partial charge on any atom is 0.322 e. The highest BCUT2D eigenvalue weighted by Crippen LogP contribution is 2.32. The zero-order chi connectivity index (χ0) is 29.1. The van der Waals surface area contributed by atoms with Gasteiger partial charge in [-0.2, -0.15) is 0 Å². The molecule has 5 heterocycles. The van der Waals surface area contributed by atoms with Crippen LogP contribution < -0.4 is 10.6 Å². The summed E-state index contributed by atoms with van der Waals surface area (Å²) < 4.78 is 5.36.